The Bertz CT molecular complexity index is 809. The van der Waals surface area contributed by atoms with Crippen LogP contribution in [0.15, 0.2) is 18.2 Å². The highest BCUT2D eigenvalue weighted by molar-refractivity contribution is 6.32. The van der Waals surface area contributed by atoms with E-state index < -0.39 is 0 Å². The lowest BCUT2D eigenvalue weighted by molar-refractivity contribution is 0.104. The molecule has 0 unspecified atom stereocenters. The summed E-state index contributed by atoms with van der Waals surface area (Å²) in [4.78, 5) is 12.5. The number of aryl methyl sites for hydroxylation is 2. The van der Waals surface area contributed by atoms with Crippen molar-refractivity contribution in [2.75, 3.05) is 13.7 Å². The zero-order valence-electron chi connectivity index (χ0n) is 15.2. The number of allylic oxidation sites excluding steroid dienone is 1. The minimum atomic E-state index is -0.0931. The first-order valence-electron chi connectivity index (χ1n) is 8.12. The topological polar surface area (TPSA) is 53.3 Å². The molecule has 25 heavy (non-hydrogen) atoms. The standard InChI is InChI=1S/C19H23ClN2O3/c1-6-9-25-19-15(20)10-14(11-17(19)24-5)7-8-16(23)18-12(2)21-22(4)13(18)3/h7-8,10-11H,6,9H2,1-5H3/b8-7+. The van der Waals surface area contributed by atoms with Crippen LogP contribution in [0, 0.1) is 13.8 Å². The minimum Gasteiger partial charge on any atom is -0.493 e. The number of hydrogen-bond acceptors (Lipinski definition) is 4. The Morgan fingerprint density at radius 1 is 1.36 bits per heavy atom. The van der Waals surface area contributed by atoms with Crippen molar-refractivity contribution in [3.05, 3.63) is 45.7 Å². The lowest BCUT2D eigenvalue weighted by Crippen LogP contribution is -2.00. The van der Waals surface area contributed by atoms with Gasteiger partial charge in [0.2, 0.25) is 0 Å². The maximum absolute atomic E-state index is 12.5. The van der Waals surface area contributed by atoms with Gasteiger partial charge in [-0.05, 0) is 44.0 Å². The maximum atomic E-state index is 12.5. The molecule has 2 rings (SSSR count). The van der Waals surface area contributed by atoms with Gasteiger partial charge in [-0.1, -0.05) is 24.6 Å². The van der Waals surface area contributed by atoms with Crippen LogP contribution in [-0.2, 0) is 7.05 Å². The summed E-state index contributed by atoms with van der Waals surface area (Å²) < 4.78 is 12.7. The number of ether oxygens (including phenoxy) is 2. The highest BCUT2D eigenvalue weighted by Crippen LogP contribution is 2.37. The van der Waals surface area contributed by atoms with Gasteiger partial charge in [-0.15, -0.1) is 0 Å². The molecule has 0 bridgehead atoms. The zero-order chi connectivity index (χ0) is 18.6. The normalized spacial score (nSPS) is 11.1. The molecule has 0 aliphatic heterocycles. The number of nitrogens with zero attached hydrogens (tertiary/aromatic N) is 2. The Morgan fingerprint density at radius 3 is 2.64 bits per heavy atom. The first kappa shape index (κ1) is 19.1. The quantitative estimate of drug-likeness (QED) is 0.541. The summed E-state index contributed by atoms with van der Waals surface area (Å²) in [7, 11) is 3.38. The van der Waals surface area contributed by atoms with E-state index in [9.17, 15) is 4.79 Å². The third-order valence-electron chi connectivity index (χ3n) is 3.88. The number of benzene rings is 1. The summed E-state index contributed by atoms with van der Waals surface area (Å²) in [5, 5.41) is 4.73. The van der Waals surface area contributed by atoms with E-state index in [1.807, 2.05) is 27.8 Å². The van der Waals surface area contributed by atoms with Gasteiger partial charge < -0.3 is 9.47 Å². The van der Waals surface area contributed by atoms with Crippen LogP contribution in [0.4, 0.5) is 0 Å². The molecule has 2 aromatic rings. The number of carbonyl (C=O) groups excluding carboxylic acids is 1. The molecule has 0 radical (unpaired) electrons. The second-order valence-electron chi connectivity index (χ2n) is 5.75. The molecule has 0 saturated heterocycles. The number of aromatic nitrogens is 2. The van der Waals surface area contributed by atoms with Crippen molar-refractivity contribution >= 4 is 23.5 Å². The molecule has 6 heteroatoms. The van der Waals surface area contributed by atoms with Crippen LogP contribution >= 0.6 is 11.6 Å². The van der Waals surface area contributed by atoms with E-state index in [-0.39, 0.29) is 5.78 Å². The van der Waals surface area contributed by atoms with Crippen molar-refractivity contribution in [3.8, 4) is 11.5 Å². The van der Waals surface area contributed by atoms with E-state index in [1.165, 1.54) is 6.08 Å². The summed E-state index contributed by atoms with van der Waals surface area (Å²) in [5.41, 5.74) is 2.94. The number of hydrogen-bond donors (Lipinski definition) is 0. The number of halogens is 1. The highest BCUT2D eigenvalue weighted by atomic mass is 35.5. The van der Waals surface area contributed by atoms with Gasteiger partial charge in [-0.25, -0.2) is 0 Å². The van der Waals surface area contributed by atoms with Crippen LogP contribution in [0.3, 0.4) is 0 Å². The van der Waals surface area contributed by atoms with Gasteiger partial charge in [0, 0.05) is 12.7 Å². The van der Waals surface area contributed by atoms with Crippen molar-refractivity contribution in [1.29, 1.82) is 0 Å². The van der Waals surface area contributed by atoms with E-state index >= 15 is 0 Å². The number of methoxy groups -OCH3 is 1. The summed E-state index contributed by atoms with van der Waals surface area (Å²) in [5.74, 6) is 0.972. The Labute approximate surface area is 153 Å². The SMILES string of the molecule is CCCOc1c(Cl)cc(/C=C/C(=O)c2c(C)nn(C)c2C)cc1OC. The molecular formula is C19H23ClN2O3. The molecule has 0 fully saturated rings. The van der Waals surface area contributed by atoms with Crippen LogP contribution in [0.2, 0.25) is 5.02 Å². The van der Waals surface area contributed by atoms with Gasteiger partial charge in [-0.2, -0.15) is 5.10 Å². The third-order valence-corrected chi connectivity index (χ3v) is 4.17. The van der Waals surface area contributed by atoms with Gasteiger partial charge in [-0.3, -0.25) is 9.48 Å². The van der Waals surface area contributed by atoms with Crippen LogP contribution in [0.5, 0.6) is 11.5 Å². The predicted molar refractivity (Wildman–Crippen MR) is 99.8 cm³/mol. The Morgan fingerprint density at radius 2 is 2.08 bits per heavy atom. The van der Waals surface area contributed by atoms with Crippen molar-refractivity contribution in [1.82, 2.24) is 9.78 Å². The molecule has 0 saturated carbocycles. The molecule has 1 heterocycles. The smallest absolute Gasteiger partial charge is 0.189 e. The monoisotopic (exact) mass is 362 g/mol. The number of carbonyl (C=O) groups is 1. The van der Waals surface area contributed by atoms with E-state index in [1.54, 1.807) is 30.0 Å². The summed E-state index contributed by atoms with van der Waals surface area (Å²) in [6.45, 7) is 6.28. The van der Waals surface area contributed by atoms with E-state index in [2.05, 4.69) is 5.10 Å². The second kappa shape index (κ2) is 8.21. The average Bonchev–Trinajstić information content (AvgIpc) is 2.83. The predicted octanol–water partition coefficient (Wildman–Crippen LogP) is 4.38. The molecule has 0 spiro atoms. The minimum absolute atomic E-state index is 0.0931. The zero-order valence-corrected chi connectivity index (χ0v) is 16.0. The van der Waals surface area contributed by atoms with E-state index in [0.29, 0.717) is 34.4 Å². The Hall–Kier alpha value is -2.27. The second-order valence-corrected chi connectivity index (χ2v) is 6.16. The molecule has 0 atom stereocenters. The van der Waals surface area contributed by atoms with Crippen LogP contribution in [-0.4, -0.2) is 29.3 Å². The molecule has 1 aromatic carbocycles. The lowest BCUT2D eigenvalue weighted by atomic mass is 10.1. The molecule has 0 aliphatic carbocycles. The first-order chi connectivity index (χ1) is 11.9. The fourth-order valence-electron chi connectivity index (χ4n) is 2.57. The van der Waals surface area contributed by atoms with Gasteiger partial charge in [0.05, 0.1) is 30.0 Å². The molecule has 5 nitrogen and oxygen atoms in total. The third kappa shape index (κ3) is 4.23. The highest BCUT2D eigenvalue weighted by Gasteiger charge is 2.15. The molecular weight excluding hydrogens is 340 g/mol. The molecule has 0 amide bonds. The fraction of sp³-hybridized carbons (Fsp3) is 0.368. The number of rotatable bonds is 7. The van der Waals surface area contributed by atoms with E-state index in [0.717, 1.165) is 17.7 Å². The first-order valence-corrected chi connectivity index (χ1v) is 8.49. The lowest BCUT2D eigenvalue weighted by Gasteiger charge is -2.12. The molecule has 0 N–H and O–H groups in total. The Balaban J connectivity index is 2.29. The van der Waals surface area contributed by atoms with Gasteiger partial charge in [0.15, 0.2) is 17.3 Å². The van der Waals surface area contributed by atoms with Crippen LogP contribution in [0.1, 0.15) is 40.7 Å². The maximum Gasteiger partial charge on any atom is 0.189 e. The molecule has 134 valence electrons. The van der Waals surface area contributed by atoms with Crippen molar-refractivity contribution < 1.29 is 14.3 Å². The largest absolute Gasteiger partial charge is 0.493 e. The van der Waals surface area contributed by atoms with Gasteiger partial charge in [0.1, 0.15) is 0 Å². The fourth-order valence-corrected chi connectivity index (χ4v) is 2.84. The average molecular weight is 363 g/mol. The Kier molecular flexibility index (Phi) is 6.26. The van der Waals surface area contributed by atoms with Crippen molar-refractivity contribution in [3.63, 3.8) is 0 Å². The van der Waals surface area contributed by atoms with Gasteiger partial charge in [0.25, 0.3) is 0 Å². The van der Waals surface area contributed by atoms with Crippen molar-refractivity contribution in [2.24, 2.45) is 7.05 Å². The van der Waals surface area contributed by atoms with Crippen LogP contribution in [0.25, 0.3) is 6.08 Å². The molecule has 0 aliphatic rings. The summed E-state index contributed by atoms with van der Waals surface area (Å²) in [6.07, 6.45) is 4.11. The summed E-state index contributed by atoms with van der Waals surface area (Å²) in [6, 6.07) is 3.55. The van der Waals surface area contributed by atoms with Crippen molar-refractivity contribution in [2.45, 2.75) is 27.2 Å². The number of ketones is 1. The van der Waals surface area contributed by atoms with E-state index in [4.69, 9.17) is 21.1 Å². The van der Waals surface area contributed by atoms with Crippen LogP contribution < -0.4 is 9.47 Å². The summed E-state index contributed by atoms with van der Waals surface area (Å²) >= 11 is 6.30. The van der Waals surface area contributed by atoms with Gasteiger partial charge >= 0.3 is 0 Å². The molecule has 1 aromatic heterocycles.